The third-order valence-corrected chi connectivity index (χ3v) is 2.94. The summed E-state index contributed by atoms with van der Waals surface area (Å²) in [5, 5.41) is 6.31. The molecule has 3 nitrogen and oxygen atoms in total. The first-order valence-electron chi connectivity index (χ1n) is 6.69. The molecular formula is C13H28N2O. The largest absolute Gasteiger partial charge is 0.355 e. The van der Waals surface area contributed by atoms with E-state index in [-0.39, 0.29) is 11.9 Å². The van der Waals surface area contributed by atoms with Crippen molar-refractivity contribution >= 4 is 5.91 Å². The van der Waals surface area contributed by atoms with Crippen LogP contribution in [0.1, 0.15) is 59.8 Å². The highest BCUT2D eigenvalue weighted by Crippen LogP contribution is 1.98. The van der Waals surface area contributed by atoms with Crippen molar-refractivity contribution in [1.82, 2.24) is 10.6 Å². The van der Waals surface area contributed by atoms with Gasteiger partial charge in [-0.05, 0) is 26.2 Å². The Morgan fingerprint density at radius 3 is 2.25 bits per heavy atom. The Hall–Kier alpha value is -0.570. The van der Waals surface area contributed by atoms with E-state index >= 15 is 0 Å². The Morgan fingerprint density at radius 1 is 1.12 bits per heavy atom. The summed E-state index contributed by atoms with van der Waals surface area (Å²) in [6, 6.07) is 0.378. The maximum Gasteiger partial charge on any atom is 0.236 e. The molecular weight excluding hydrogens is 200 g/mol. The van der Waals surface area contributed by atoms with Crippen LogP contribution in [0, 0.1) is 0 Å². The monoisotopic (exact) mass is 228 g/mol. The molecule has 0 aromatic heterocycles. The van der Waals surface area contributed by atoms with Gasteiger partial charge in [0.05, 0.1) is 6.04 Å². The molecule has 1 amide bonds. The zero-order chi connectivity index (χ0) is 12.4. The standard InChI is InChI=1S/C13H28N2O/c1-5-8-9-10-14-13(16)11(4)15-12(6-2)7-3/h11-12,15H,5-10H2,1-4H3,(H,14,16). The molecule has 0 rings (SSSR count). The minimum Gasteiger partial charge on any atom is -0.355 e. The van der Waals surface area contributed by atoms with Crippen molar-refractivity contribution in [3.63, 3.8) is 0 Å². The predicted molar refractivity (Wildman–Crippen MR) is 69.5 cm³/mol. The molecule has 0 spiro atoms. The van der Waals surface area contributed by atoms with Crippen LogP contribution in [0.15, 0.2) is 0 Å². The van der Waals surface area contributed by atoms with Crippen molar-refractivity contribution in [3.8, 4) is 0 Å². The van der Waals surface area contributed by atoms with E-state index in [9.17, 15) is 4.79 Å². The van der Waals surface area contributed by atoms with Crippen LogP contribution in [0.4, 0.5) is 0 Å². The molecule has 1 atom stereocenters. The zero-order valence-electron chi connectivity index (χ0n) is 11.3. The van der Waals surface area contributed by atoms with Gasteiger partial charge in [-0.1, -0.05) is 33.6 Å². The first-order chi connectivity index (χ1) is 7.65. The number of hydrogen-bond donors (Lipinski definition) is 2. The van der Waals surface area contributed by atoms with E-state index in [1.165, 1.54) is 12.8 Å². The van der Waals surface area contributed by atoms with Crippen LogP contribution >= 0.6 is 0 Å². The molecule has 96 valence electrons. The summed E-state index contributed by atoms with van der Waals surface area (Å²) in [4.78, 5) is 11.7. The lowest BCUT2D eigenvalue weighted by Crippen LogP contribution is -2.46. The van der Waals surface area contributed by atoms with Crippen LogP contribution in [0.25, 0.3) is 0 Å². The van der Waals surface area contributed by atoms with Crippen LogP contribution in [0.3, 0.4) is 0 Å². The second-order valence-corrected chi connectivity index (χ2v) is 4.40. The van der Waals surface area contributed by atoms with E-state index in [4.69, 9.17) is 0 Å². The Morgan fingerprint density at radius 2 is 1.75 bits per heavy atom. The van der Waals surface area contributed by atoms with E-state index in [2.05, 4.69) is 31.4 Å². The molecule has 0 aliphatic carbocycles. The molecule has 0 fully saturated rings. The van der Waals surface area contributed by atoms with Crippen LogP contribution in [0.5, 0.6) is 0 Å². The van der Waals surface area contributed by atoms with Gasteiger partial charge in [-0.3, -0.25) is 4.79 Å². The van der Waals surface area contributed by atoms with Gasteiger partial charge in [0.15, 0.2) is 0 Å². The maximum absolute atomic E-state index is 11.7. The van der Waals surface area contributed by atoms with Crippen LogP contribution in [0.2, 0.25) is 0 Å². The second-order valence-electron chi connectivity index (χ2n) is 4.40. The SMILES string of the molecule is CCCCCNC(=O)C(C)NC(CC)CC. The Labute approximate surface area is 100 Å². The molecule has 2 N–H and O–H groups in total. The number of carbonyl (C=O) groups is 1. The van der Waals surface area contributed by atoms with Crippen LogP contribution in [-0.2, 0) is 4.79 Å². The Balaban J connectivity index is 3.72. The second kappa shape index (κ2) is 9.64. The lowest BCUT2D eigenvalue weighted by molar-refractivity contribution is -0.122. The van der Waals surface area contributed by atoms with Gasteiger partial charge in [0.25, 0.3) is 0 Å². The van der Waals surface area contributed by atoms with E-state index in [0.717, 1.165) is 25.8 Å². The summed E-state index contributed by atoms with van der Waals surface area (Å²) >= 11 is 0. The maximum atomic E-state index is 11.7. The minimum absolute atomic E-state index is 0.0773. The number of hydrogen-bond acceptors (Lipinski definition) is 2. The molecule has 0 saturated carbocycles. The summed E-state index contributed by atoms with van der Waals surface area (Å²) in [5.74, 6) is 0.128. The molecule has 0 aliphatic heterocycles. The lowest BCUT2D eigenvalue weighted by Gasteiger charge is -2.20. The Kier molecular flexibility index (Phi) is 9.30. The molecule has 1 unspecified atom stereocenters. The quantitative estimate of drug-likeness (QED) is 0.595. The summed E-state index contributed by atoms with van der Waals surface area (Å²) < 4.78 is 0. The van der Waals surface area contributed by atoms with Crippen LogP contribution in [-0.4, -0.2) is 24.5 Å². The van der Waals surface area contributed by atoms with Gasteiger partial charge in [0, 0.05) is 12.6 Å². The molecule has 3 heteroatoms. The van der Waals surface area contributed by atoms with E-state index in [0.29, 0.717) is 6.04 Å². The number of rotatable bonds is 9. The van der Waals surface area contributed by atoms with Gasteiger partial charge in [-0.2, -0.15) is 0 Å². The number of unbranched alkanes of at least 4 members (excludes halogenated alkanes) is 2. The molecule has 16 heavy (non-hydrogen) atoms. The first kappa shape index (κ1) is 15.4. The third-order valence-electron chi connectivity index (χ3n) is 2.94. The van der Waals surface area contributed by atoms with Crippen molar-refractivity contribution in [2.75, 3.05) is 6.54 Å². The fourth-order valence-electron chi connectivity index (χ4n) is 1.69. The average Bonchev–Trinajstić information content (AvgIpc) is 2.30. The highest BCUT2D eigenvalue weighted by molar-refractivity contribution is 5.81. The van der Waals surface area contributed by atoms with Crippen molar-refractivity contribution in [2.24, 2.45) is 0 Å². The molecule has 0 aromatic carbocycles. The van der Waals surface area contributed by atoms with Gasteiger partial charge in [-0.25, -0.2) is 0 Å². The van der Waals surface area contributed by atoms with Gasteiger partial charge in [-0.15, -0.1) is 0 Å². The van der Waals surface area contributed by atoms with Gasteiger partial charge in [0.2, 0.25) is 5.91 Å². The Bertz CT molecular complexity index is 179. The highest BCUT2D eigenvalue weighted by Gasteiger charge is 2.14. The van der Waals surface area contributed by atoms with Crippen molar-refractivity contribution in [3.05, 3.63) is 0 Å². The van der Waals surface area contributed by atoms with Gasteiger partial charge >= 0.3 is 0 Å². The van der Waals surface area contributed by atoms with Crippen molar-refractivity contribution < 1.29 is 4.79 Å². The van der Waals surface area contributed by atoms with Crippen LogP contribution < -0.4 is 10.6 Å². The lowest BCUT2D eigenvalue weighted by atomic mass is 10.1. The third kappa shape index (κ3) is 6.83. The fourth-order valence-corrected chi connectivity index (χ4v) is 1.69. The zero-order valence-corrected chi connectivity index (χ0v) is 11.3. The number of nitrogens with one attached hydrogen (secondary N) is 2. The molecule has 0 saturated heterocycles. The fraction of sp³-hybridized carbons (Fsp3) is 0.923. The van der Waals surface area contributed by atoms with E-state index in [1.54, 1.807) is 0 Å². The minimum atomic E-state index is -0.0773. The molecule has 0 bridgehead atoms. The van der Waals surface area contributed by atoms with Crippen molar-refractivity contribution in [2.45, 2.75) is 71.9 Å². The molecule has 0 radical (unpaired) electrons. The number of amides is 1. The van der Waals surface area contributed by atoms with Gasteiger partial charge < -0.3 is 10.6 Å². The summed E-state index contributed by atoms with van der Waals surface area (Å²) in [6.07, 6.45) is 5.61. The normalized spacial score (nSPS) is 12.8. The highest BCUT2D eigenvalue weighted by atomic mass is 16.2. The first-order valence-corrected chi connectivity index (χ1v) is 6.69. The van der Waals surface area contributed by atoms with E-state index < -0.39 is 0 Å². The average molecular weight is 228 g/mol. The summed E-state index contributed by atoms with van der Waals surface area (Å²) in [6.45, 7) is 9.20. The molecule has 0 aromatic rings. The smallest absolute Gasteiger partial charge is 0.236 e. The summed E-state index contributed by atoms with van der Waals surface area (Å²) in [7, 11) is 0. The predicted octanol–water partition coefficient (Wildman–Crippen LogP) is 2.46. The van der Waals surface area contributed by atoms with Gasteiger partial charge in [0.1, 0.15) is 0 Å². The number of carbonyl (C=O) groups excluding carboxylic acids is 1. The molecule has 0 heterocycles. The van der Waals surface area contributed by atoms with Crippen molar-refractivity contribution in [1.29, 1.82) is 0 Å². The topological polar surface area (TPSA) is 41.1 Å². The van der Waals surface area contributed by atoms with E-state index in [1.807, 2.05) is 6.92 Å². The summed E-state index contributed by atoms with van der Waals surface area (Å²) in [5.41, 5.74) is 0. The molecule has 0 aliphatic rings.